The number of piperidine rings is 1. The molecule has 30 heavy (non-hydrogen) atoms. The molecule has 0 radical (unpaired) electrons. The van der Waals surface area contributed by atoms with Gasteiger partial charge in [-0.05, 0) is 49.7 Å². The minimum absolute atomic E-state index is 0.291. The Morgan fingerprint density at radius 1 is 1.10 bits per heavy atom. The molecule has 1 aliphatic rings. The molecule has 4 N–H and O–H groups in total. The summed E-state index contributed by atoms with van der Waals surface area (Å²) in [5, 5.41) is 12.4. The number of aromatic nitrogens is 4. The SMILES string of the molecule is Nc1ncnc(NC2CCCNC2)c1-n1ncc2cc(Oc3ccccc3)ccc21. The number of nitrogens with one attached hydrogen (secondary N) is 2. The first-order valence-electron chi connectivity index (χ1n) is 10.1. The summed E-state index contributed by atoms with van der Waals surface area (Å²) in [7, 11) is 0. The number of benzene rings is 2. The topological polar surface area (TPSA) is 103 Å². The number of hydrogen-bond donors (Lipinski definition) is 3. The van der Waals surface area contributed by atoms with Gasteiger partial charge >= 0.3 is 0 Å². The summed E-state index contributed by atoms with van der Waals surface area (Å²) in [5.41, 5.74) is 7.81. The van der Waals surface area contributed by atoms with Gasteiger partial charge in [0.1, 0.15) is 23.5 Å². The number of nitrogens with two attached hydrogens (primary N) is 1. The van der Waals surface area contributed by atoms with E-state index in [0.29, 0.717) is 23.4 Å². The van der Waals surface area contributed by atoms with Crippen molar-refractivity contribution in [2.24, 2.45) is 0 Å². The van der Waals surface area contributed by atoms with E-state index in [9.17, 15) is 0 Å². The minimum Gasteiger partial charge on any atom is -0.457 e. The highest BCUT2D eigenvalue weighted by molar-refractivity contribution is 5.84. The molecular weight excluding hydrogens is 378 g/mol. The number of nitrogens with zero attached hydrogens (tertiary/aromatic N) is 4. The van der Waals surface area contributed by atoms with Crippen LogP contribution in [0.15, 0.2) is 61.1 Å². The first kappa shape index (κ1) is 18.4. The lowest BCUT2D eigenvalue weighted by atomic mass is 10.1. The summed E-state index contributed by atoms with van der Waals surface area (Å²) >= 11 is 0. The molecule has 3 heterocycles. The summed E-state index contributed by atoms with van der Waals surface area (Å²) in [6, 6.07) is 15.8. The minimum atomic E-state index is 0.291. The zero-order valence-corrected chi connectivity index (χ0v) is 16.5. The zero-order valence-electron chi connectivity index (χ0n) is 16.5. The molecule has 8 heteroatoms. The highest BCUT2D eigenvalue weighted by atomic mass is 16.5. The molecule has 2 aromatic carbocycles. The molecule has 8 nitrogen and oxygen atoms in total. The summed E-state index contributed by atoms with van der Waals surface area (Å²) < 4.78 is 7.73. The average molecular weight is 401 g/mol. The standard InChI is InChI=1S/C22H23N7O/c23-21-20(22(26-14-25-21)28-16-5-4-10-24-13-16)29-19-9-8-18(11-15(19)12-27-29)30-17-6-2-1-3-7-17/h1-3,6-9,11-12,14,16,24H,4-5,10,13H2,(H3,23,25,26,28). The summed E-state index contributed by atoms with van der Waals surface area (Å²) in [6.45, 7) is 1.94. The second kappa shape index (κ2) is 8.00. The Labute approximate surface area is 174 Å². The van der Waals surface area contributed by atoms with Gasteiger partial charge in [0.2, 0.25) is 0 Å². The molecular formula is C22H23N7O. The van der Waals surface area contributed by atoms with Crippen molar-refractivity contribution in [3.8, 4) is 17.2 Å². The molecule has 5 rings (SSSR count). The molecule has 1 atom stereocenters. The fourth-order valence-corrected chi connectivity index (χ4v) is 3.75. The van der Waals surface area contributed by atoms with E-state index in [0.717, 1.165) is 48.3 Å². The highest BCUT2D eigenvalue weighted by Gasteiger charge is 2.19. The quantitative estimate of drug-likeness (QED) is 0.471. The van der Waals surface area contributed by atoms with Gasteiger partial charge in [-0.25, -0.2) is 14.6 Å². The zero-order chi connectivity index (χ0) is 20.3. The van der Waals surface area contributed by atoms with Crippen LogP contribution in [0.25, 0.3) is 16.6 Å². The molecule has 152 valence electrons. The van der Waals surface area contributed by atoms with Crippen molar-refractivity contribution in [3.05, 3.63) is 61.1 Å². The number of nitrogen functional groups attached to an aromatic ring is 1. The van der Waals surface area contributed by atoms with E-state index in [-0.39, 0.29) is 0 Å². The molecule has 0 spiro atoms. The van der Waals surface area contributed by atoms with Crippen molar-refractivity contribution in [3.63, 3.8) is 0 Å². The maximum absolute atomic E-state index is 6.25. The van der Waals surface area contributed by atoms with Crippen LogP contribution in [0, 0.1) is 0 Å². The lowest BCUT2D eigenvalue weighted by Gasteiger charge is -2.25. The van der Waals surface area contributed by atoms with Crippen molar-refractivity contribution in [1.29, 1.82) is 0 Å². The highest BCUT2D eigenvalue weighted by Crippen LogP contribution is 2.30. The van der Waals surface area contributed by atoms with Gasteiger partial charge in [-0.3, -0.25) is 0 Å². The van der Waals surface area contributed by atoms with Crippen LogP contribution in [0.2, 0.25) is 0 Å². The van der Waals surface area contributed by atoms with Crippen LogP contribution < -0.4 is 21.1 Å². The van der Waals surface area contributed by atoms with Crippen molar-refractivity contribution in [2.75, 3.05) is 24.1 Å². The summed E-state index contributed by atoms with van der Waals surface area (Å²) in [5.74, 6) is 2.60. The van der Waals surface area contributed by atoms with Gasteiger partial charge in [0.25, 0.3) is 0 Å². The van der Waals surface area contributed by atoms with Gasteiger partial charge < -0.3 is 21.1 Å². The predicted octanol–water partition coefficient (Wildman–Crippen LogP) is 3.35. The number of para-hydroxylation sites is 1. The van der Waals surface area contributed by atoms with E-state index in [1.54, 1.807) is 10.9 Å². The summed E-state index contributed by atoms with van der Waals surface area (Å²) in [6.07, 6.45) is 5.49. The van der Waals surface area contributed by atoms with Gasteiger partial charge in [0.05, 0.1) is 11.7 Å². The van der Waals surface area contributed by atoms with Gasteiger partial charge in [-0.15, -0.1) is 0 Å². The maximum atomic E-state index is 6.25. The lowest BCUT2D eigenvalue weighted by molar-refractivity contribution is 0.479. The smallest absolute Gasteiger partial charge is 0.157 e. The van der Waals surface area contributed by atoms with Crippen LogP contribution in [0.4, 0.5) is 11.6 Å². The van der Waals surface area contributed by atoms with Crippen LogP contribution in [0.1, 0.15) is 12.8 Å². The Hall–Kier alpha value is -3.65. The van der Waals surface area contributed by atoms with E-state index < -0.39 is 0 Å². The number of hydrogen-bond acceptors (Lipinski definition) is 7. The van der Waals surface area contributed by atoms with E-state index in [1.807, 2.05) is 48.5 Å². The molecule has 1 fully saturated rings. The van der Waals surface area contributed by atoms with Gasteiger partial charge in [0, 0.05) is 18.0 Å². The Bertz CT molecular complexity index is 1150. The van der Waals surface area contributed by atoms with Crippen LogP contribution >= 0.6 is 0 Å². The van der Waals surface area contributed by atoms with Crippen LogP contribution in [0.5, 0.6) is 11.5 Å². The Morgan fingerprint density at radius 3 is 2.83 bits per heavy atom. The molecule has 0 bridgehead atoms. The fourth-order valence-electron chi connectivity index (χ4n) is 3.75. The number of fused-ring (bicyclic) bond motifs is 1. The summed E-state index contributed by atoms with van der Waals surface area (Å²) in [4.78, 5) is 8.65. The third-order valence-electron chi connectivity index (χ3n) is 5.22. The number of anilines is 2. The van der Waals surface area contributed by atoms with E-state index in [1.165, 1.54) is 6.33 Å². The second-order valence-electron chi connectivity index (χ2n) is 7.34. The molecule has 2 aromatic heterocycles. The van der Waals surface area contributed by atoms with Crippen molar-refractivity contribution < 1.29 is 4.74 Å². The van der Waals surface area contributed by atoms with Crippen LogP contribution in [-0.2, 0) is 0 Å². The van der Waals surface area contributed by atoms with Crippen LogP contribution in [0.3, 0.4) is 0 Å². The molecule has 0 saturated carbocycles. The molecule has 0 amide bonds. The third kappa shape index (κ3) is 3.65. The van der Waals surface area contributed by atoms with Crippen LogP contribution in [-0.4, -0.2) is 38.9 Å². The molecule has 1 saturated heterocycles. The van der Waals surface area contributed by atoms with E-state index in [4.69, 9.17) is 10.5 Å². The van der Waals surface area contributed by atoms with Gasteiger partial charge in [-0.1, -0.05) is 18.2 Å². The average Bonchev–Trinajstić information content (AvgIpc) is 3.18. The molecule has 1 unspecified atom stereocenters. The van der Waals surface area contributed by atoms with Gasteiger partial charge in [-0.2, -0.15) is 5.10 Å². The fraction of sp³-hybridized carbons (Fsp3) is 0.227. The second-order valence-corrected chi connectivity index (χ2v) is 7.34. The molecule has 4 aromatic rings. The van der Waals surface area contributed by atoms with Gasteiger partial charge in [0.15, 0.2) is 11.6 Å². The number of rotatable bonds is 5. The predicted molar refractivity (Wildman–Crippen MR) is 117 cm³/mol. The Balaban J connectivity index is 1.49. The first-order valence-corrected chi connectivity index (χ1v) is 10.1. The van der Waals surface area contributed by atoms with Crippen molar-refractivity contribution in [1.82, 2.24) is 25.1 Å². The van der Waals surface area contributed by atoms with E-state index in [2.05, 4.69) is 25.7 Å². The first-order chi connectivity index (χ1) is 14.8. The normalized spacial score (nSPS) is 16.5. The molecule has 0 aliphatic carbocycles. The molecule has 1 aliphatic heterocycles. The maximum Gasteiger partial charge on any atom is 0.157 e. The Morgan fingerprint density at radius 2 is 2.00 bits per heavy atom. The monoisotopic (exact) mass is 401 g/mol. The number of ether oxygens (including phenoxy) is 1. The van der Waals surface area contributed by atoms with Crippen molar-refractivity contribution >= 4 is 22.5 Å². The van der Waals surface area contributed by atoms with Crippen molar-refractivity contribution in [2.45, 2.75) is 18.9 Å². The largest absolute Gasteiger partial charge is 0.457 e. The third-order valence-corrected chi connectivity index (χ3v) is 5.22. The Kier molecular flexibility index (Phi) is 4.90. The van der Waals surface area contributed by atoms with E-state index >= 15 is 0 Å². The lowest BCUT2D eigenvalue weighted by Crippen LogP contribution is -2.38.